The van der Waals surface area contributed by atoms with Crippen molar-refractivity contribution >= 4 is 17.3 Å². The molecule has 19 heavy (non-hydrogen) atoms. The van der Waals surface area contributed by atoms with Gasteiger partial charge in [-0.1, -0.05) is 0 Å². The van der Waals surface area contributed by atoms with Gasteiger partial charge in [0.25, 0.3) is 0 Å². The topological polar surface area (TPSA) is 52.0 Å². The van der Waals surface area contributed by atoms with E-state index in [4.69, 9.17) is 4.74 Å². The van der Waals surface area contributed by atoms with E-state index in [1.54, 1.807) is 11.3 Å². The summed E-state index contributed by atoms with van der Waals surface area (Å²) in [5.74, 6) is 0.893. The smallest absolute Gasteiger partial charge is 0.203 e. The Labute approximate surface area is 117 Å². The fraction of sp³-hybridized carbons (Fsp3) is 0.538. The van der Waals surface area contributed by atoms with Gasteiger partial charge in [0, 0.05) is 43.2 Å². The van der Waals surface area contributed by atoms with Crippen molar-refractivity contribution in [1.82, 2.24) is 14.5 Å². The zero-order chi connectivity index (χ0) is 13.5. The van der Waals surface area contributed by atoms with Crippen molar-refractivity contribution in [3.8, 4) is 0 Å². The van der Waals surface area contributed by atoms with Crippen molar-refractivity contribution in [1.29, 1.82) is 0 Å². The molecule has 0 fully saturated rings. The van der Waals surface area contributed by atoms with Crippen LogP contribution in [0.5, 0.6) is 0 Å². The quantitative estimate of drug-likeness (QED) is 0.755. The highest BCUT2D eigenvalue weighted by molar-refractivity contribution is 7.09. The van der Waals surface area contributed by atoms with Gasteiger partial charge in [-0.2, -0.15) is 0 Å². The number of anilines is 1. The number of nitrogens with one attached hydrogen (secondary N) is 1. The molecule has 0 atom stereocenters. The average Bonchev–Trinajstić information content (AvgIpc) is 3.00. The minimum absolute atomic E-state index is 0.770. The first-order valence-electron chi connectivity index (χ1n) is 6.53. The SMILES string of the molecule is CCOCCCNc1nccn1Cc1nc(C)cs1. The molecular weight excluding hydrogens is 260 g/mol. The van der Waals surface area contributed by atoms with Gasteiger partial charge in [0.15, 0.2) is 0 Å². The van der Waals surface area contributed by atoms with Crippen molar-refractivity contribution in [2.75, 3.05) is 25.1 Å². The molecule has 0 bridgehead atoms. The van der Waals surface area contributed by atoms with Crippen molar-refractivity contribution in [3.63, 3.8) is 0 Å². The van der Waals surface area contributed by atoms with Crippen molar-refractivity contribution in [3.05, 3.63) is 28.5 Å². The van der Waals surface area contributed by atoms with Crippen LogP contribution in [0, 0.1) is 6.92 Å². The van der Waals surface area contributed by atoms with Gasteiger partial charge in [0.05, 0.1) is 6.54 Å². The van der Waals surface area contributed by atoms with Gasteiger partial charge in [0.2, 0.25) is 5.95 Å². The Morgan fingerprint density at radius 1 is 1.47 bits per heavy atom. The highest BCUT2D eigenvalue weighted by Gasteiger charge is 2.05. The second-order valence-corrected chi connectivity index (χ2v) is 5.18. The Hall–Kier alpha value is -1.40. The number of thiazole rings is 1. The summed E-state index contributed by atoms with van der Waals surface area (Å²) in [6.45, 7) is 7.23. The Bertz CT molecular complexity index is 494. The minimum Gasteiger partial charge on any atom is -0.382 e. The van der Waals surface area contributed by atoms with E-state index in [9.17, 15) is 0 Å². The molecular formula is C13H20N4OS. The summed E-state index contributed by atoms with van der Waals surface area (Å²) in [4.78, 5) is 8.79. The van der Waals surface area contributed by atoms with E-state index in [2.05, 4.69) is 25.2 Å². The summed E-state index contributed by atoms with van der Waals surface area (Å²) in [5, 5.41) is 6.50. The average molecular weight is 280 g/mol. The van der Waals surface area contributed by atoms with Gasteiger partial charge >= 0.3 is 0 Å². The normalized spacial score (nSPS) is 10.8. The minimum atomic E-state index is 0.770. The van der Waals surface area contributed by atoms with Crippen LogP contribution in [0.15, 0.2) is 17.8 Å². The number of imidazole rings is 1. The maximum atomic E-state index is 5.31. The molecule has 2 rings (SSSR count). The van der Waals surface area contributed by atoms with E-state index >= 15 is 0 Å². The Morgan fingerprint density at radius 3 is 3.11 bits per heavy atom. The molecule has 2 aromatic rings. The number of aromatic nitrogens is 3. The zero-order valence-electron chi connectivity index (χ0n) is 11.4. The van der Waals surface area contributed by atoms with Gasteiger partial charge in [0.1, 0.15) is 5.01 Å². The van der Waals surface area contributed by atoms with E-state index in [0.717, 1.165) is 49.4 Å². The monoisotopic (exact) mass is 280 g/mol. The second-order valence-electron chi connectivity index (χ2n) is 4.24. The first-order valence-corrected chi connectivity index (χ1v) is 7.41. The first-order chi connectivity index (χ1) is 9.29. The summed E-state index contributed by atoms with van der Waals surface area (Å²) in [6.07, 6.45) is 4.77. The van der Waals surface area contributed by atoms with E-state index in [1.165, 1.54) is 0 Å². The van der Waals surface area contributed by atoms with Crippen molar-refractivity contribution < 1.29 is 4.74 Å². The highest BCUT2D eigenvalue weighted by Crippen LogP contribution is 2.13. The number of aryl methyl sites for hydroxylation is 1. The van der Waals surface area contributed by atoms with Gasteiger partial charge in [-0.15, -0.1) is 11.3 Å². The third-order valence-corrected chi connectivity index (χ3v) is 3.59. The van der Waals surface area contributed by atoms with Crippen molar-refractivity contribution in [2.24, 2.45) is 0 Å². The van der Waals surface area contributed by atoms with Gasteiger partial charge in [-0.3, -0.25) is 0 Å². The van der Waals surface area contributed by atoms with Crippen LogP contribution in [0.25, 0.3) is 0 Å². The lowest BCUT2D eigenvalue weighted by molar-refractivity contribution is 0.147. The number of nitrogens with zero attached hydrogens (tertiary/aromatic N) is 3. The van der Waals surface area contributed by atoms with Crippen molar-refractivity contribution in [2.45, 2.75) is 26.8 Å². The number of hydrogen-bond acceptors (Lipinski definition) is 5. The standard InChI is InChI=1S/C13H20N4OS/c1-3-18-8-4-5-14-13-15-6-7-17(13)9-12-16-11(2)10-19-12/h6-7,10H,3-5,8-9H2,1-2H3,(H,14,15). The third kappa shape index (κ3) is 4.33. The number of rotatable bonds is 8. The first kappa shape index (κ1) is 14.0. The molecule has 0 unspecified atom stereocenters. The van der Waals surface area contributed by atoms with Crippen LogP contribution in [0.4, 0.5) is 5.95 Å². The summed E-state index contributed by atoms with van der Waals surface area (Å²) in [6, 6.07) is 0. The van der Waals surface area contributed by atoms with E-state index in [1.807, 2.05) is 26.2 Å². The van der Waals surface area contributed by atoms with Gasteiger partial charge in [-0.25, -0.2) is 9.97 Å². The molecule has 0 saturated carbocycles. The number of ether oxygens (including phenoxy) is 1. The summed E-state index contributed by atoms with van der Waals surface area (Å²) in [5.41, 5.74) is 1.08. The molecule has 104 valence electrons. The van der Waals surface area contributed by atoms with Crippen LogP contribution in [-0.2, 0) is 11.3 Å². The van der Waals surface area contributed by atoms with Crippen LogP contribution in [0.1, 0.15) is 24.0 Å². The zero-order valence-corrected chi connectivity index (χ0v) is 12.2. The molecule has 2 aromatic heterocycles. The van der Waals surface area contributed by atoms with Gasteiger partial charge in [-0.05, 0) is 20.3 Å². The van der Waals surface area contributed by atoms with E-state index in [0.29, 0.717) is 0 Å². The molecule has 0 amide bonds. The van der Waals surface area contributed by atoms with Crippen LogP contribution >= 0.6 is 11.3 Å². The lowest BCUT2D eigenvalue weighted by atomic mass is 10.4. The lowest BCUT2D eigenvalue weighted by Crippen LogP contribution is -2.11. The summed E-state index contributed by atoms with van der Waals surface area (Å²) >= 11 is 1.68. The van der Waals surface area contributed by atoms with Gasteiger partial charge < -0.3 is 14.6 Å². The molecule has 2 heterocycles. The van der Waals surface area contributed by atoms with E-state index < -0.39 is 0 Å². The predicted molar refractivity (Wildman–Crippen MR) is 77.8 cm³/mol. The summed E-state index contributed by atoms with van der Waals surface area (Å²) in [7, 11) is 0. The highest BCUT2D eigenvalue weighted by atomic mass is 32.1. The van der Waals surface area contributed by atoms with Crippen LogP contribution in [-0.4, -0.2) is 34.3 Å². The third-order valence-electron chi connectivity index (χ3n) is 2.64. The fourth-order valence-corrected chi connectivity index (χ4v) is 2.51. The molecule has 0 aliphatic carbocycles. The molecule has 0 aromatic carbocycles. The molecule has 0 saturated heterocycles. The maximum Gasteiger partial charge on any atom is 0.203 e. The van der Waals surface area contributed by atoms with Crippen LogP contribution < -0.4 is 5.32 Å². The second kappa shape index (κ2) is 7.25. The molecule has 1 N–H and O–H groups in total. The van der Waals surface area contributed by atoms with E-state index in [-0.39, 0.29) is 0 Å². The molecule has 6 heteroatoms. The molecule has 0 radical (unpaired) electrons. The number of hydrogen-bond donors (Lipinski definition) is 1. The van der Waals surface area contributed by atoms with Crippen LogP contribution in [0.2, 0.25) is 0 Å². The lowest BCUT2D eigenvalue weighted by Gasteiger charge is -2.08. The Kier molecular flexibility index (Phi) is 5.35. The van der Waals surface area contributed by atoms with Crippen LogP contribution in [0.3, 0.4) is 0 Å². The molecule has 0 aliphatic rings. The molecule has 0 aliphatic heterocycles. The predicted octanol–water partition coefficient (Wildman–Crippen LogP) is 2.53. The summed E-state index contributed by atoms with van der Waals surface area (Å²) < 4.78 is 7.39. The molecule has 5 nitrogen and oxygen atoms in total. The fourth-order valence-electron chi connectivity index (χ4n) is 1.74. The Balaban J connectivity index is 1.83. The maximum absolute atomic E-state index is 5.31. The Morgan fingerprint density at radius 2 is 2.37 bits per heavy atom. The largest absolute Gasteiger partial charge is 0.382 e. The molecule has 0 spiro atoms.